The fourth-order valence-corrected chi connectivity index (χ4v) is 1.71. The third kappa shape index (κ3) is 2.95. The van der Waals surface area contributed by atoms with Crippen molar-refractivity contribution in [3.63, 3.8) is 0 Å². The molecule has 0 aliphatic rings. The van der Waals surface area contributed by atoms with Crippen molar-refractivity contribution in [2.75, 3.05) is 6.61 Å². The quantitative estimate of drug-likeness (QED) is 0.830. The minimum Gasteiger partial charge on any atom is -0.396 e. The second-order valence-electron chi connectivity index (χ2n) is 4.43. The molecule has 0 saturated carbocycles. The van der Waals surface area contributed by atoms with Crippen molar-refractivity contribution >= 4 is 0 Å². The van der Waals surface area contributed by atoms with Crippen molar-refractivity contribution in [1.29, 1.82) is 0 Å². The zero-order valence-corrected chi connectivity index (χ0v) is 10.8. The SMILES string of the molecule is CCC(C)n1ccc(Cn2cc(CCO)nn2)n1. The highest BCUT2D eigenvalue weighted by atomic mass is 16.3. The Kier molecular flexibility index (Phi) is 4.09. The van der Waals surface area contributed by atoms with Crippen molar-refractivity contribution in [1.82, 2.24) is 24.8 Å². The summed E-state index contributed by atoms with van der Waals surface area (Å²) < 4.78 is 3.72. The Morgan fingerprint density at radius 2 is 2.22 bits per heavy atom. The average Bonchev–Trinajstić information content (AvgIpc) is 2.99. The normalized spacial score (nSPS) is 12.8. The van der Waals surface area contributed by atoms with Gasteiger partial charge in [0.25, 0.3) is 0 Å². The maximum absolute atomic E-state index is 8.82. The van der Waals surface area contributed by atoms with Crippen molar-refractivity contribution in [2.24, 2.45) is 0 Å². The van der Waals surface area contributed by atoms with Gasteiger partial charge in [-0.1, -0.05) is 12.1 Å². The Hall–Kier alpha value is -1.69. The molecule has 18 heavy (non-hydrogen) atoms. The minimum atomic E-state index is 0.0985. The van der Waals surface area contributed by atoms with Crippen LogP contribution in [0.5, 0.6) is 0 Å². The molecule has 1 N–H and O–H groups in total. The molecule has 2 rings (SSSR count). The topological polar surface area (TPSA) is 68.8 Å². The van der Waals surface area contributed by atoms with Crippen LogP contribution in [0.15, 0.2) is 18.5 Å². The molecule has 2 aromatic heterocycles. The van der Waals surface area contributed by atoms with Gasteiger partial charge in [0.05, 0.1) is 17.9 Å². The van der Waals surface area contributed by atoms with E-state index in [-0.39, 0.29) is 6.61 Å². The standard InChI is InChI=1S/C12H19N5O/c1-3-10(2)17-6-4-12(14-17)9-16-8-11(5-7-18)13-15-16/h4,6,8,10,18H,3,5,7,9H2,1-2H3. The van der Waals surface area contributed by atoms with Crippen LogP contribution in [0.4, 0.5) is 0 Å². The van der Waals surface area contributed by atoms with Crippen molar-refractivity contribution in [3.05, 3.63) is 29.8 Å². The van der Waals surface area contributed by atoms with Gasteiger partial charge in [-0.05, 0) is 19.4 Å². The second-order valence-corrected chi connectivity index (χ2v) is 4.43. The zero-order valence-electron chi connectivity index (χ0n) is 10.8. The number of nitrogens with zero attached hydrogens (tertiary/aromatic N) is 5. The lowest BCUT2D eigenvalue weighted by Crippen LogP contribution is -2.06. The molecule has 0 saturated heterocycles. The highest BCUT2D eigenvalue weighted by Gasteiger charge is 2.06. The lowest BCUT2D eigenvalue weighted by molar-refractivity contribution is 0.298. The first-order valence-corrected chi connectivity index (χ1v) is 6.26. The first kappa shape index (κ1) is 12.8. The molecule has 2 aromatic rings. The Balaban J connectivity index is 2.01. The summed E-state index contributed by atoms with van der Waals surface area (Å²) in [5.74, 6) is 0. The number of aromatic nitrogens is 5. The van der Waals surface area contributed by atoms with E-state index < -0.39 is 0 Å². The van der Waals surface area contributed by atoms with Gasteiger partial charge in [-0.25, -0.2) is 4.68 Å². The Morgan fingerprint density at radius 1 is 1.39 bits per heavy atom. The third-order valence-corrected chi connectivity index (χ3v) is 2.98. The molecule has 0 bridgehead atoms. The molecule has 98 valence electrons. The molecular formula is C12H19N5O. The van der Waals surface area contributed by atoms with E-state index in [0.717, 1.165) is 17.8 Å². The first-order valence-electron chi connectivity index (χ1n) is 6.26. The molecule has 6 heteroatoms. The summed E-state index contributed by atoms with van der Waals surface area (Å²) >= 11 is 0. The van der Waals surface area contributed by atoms with E-state index in [1.165, 1.54) is 0 Å². The van der Waals surface area contributed by atoms with Crippen molar-refractivity contribution < 1.29 is 5.11 Å². The molecule has 0 aromatic carbocycles. The summed E-state index contributed by atoms with van der Waals surface area (Å²) in [5, 5.41) is 21.3. The van der Waals surface area contributed by atoms with Crippen LogP contribution < -0.4 is 0 Å². The van der Waals surface area contributed by atoms with E-state index in [0.29, 0.717) is 19.0 Å². The van der Waals surface area contributed by atoms with Crippen LogP contribution in [0, 0.1) is 0 Å². The van der Waals surface area contributed by atoms with E-state index in [1.54, 1.807) is 4.68 Å². The smallest absolute Gasteiger partial charge is 0.0867 e. The molecule has 1 unspecified atom stereocenters. The zero-order chi connectivity index (χ0) is 13.0. The largest absolute Gasteiger partial charge is 0.396 e. The molecule has 6 nitrogen and oxygen atoms in total. The van der Waals surface area contributed by atoms with Crippen LogP contribution in [0.2, 0.25) is 0 Å². The molecule has 0 aliphatic carbocycles. The van der Waals surface area contributed by atoms with Crippen LogP contribution in [0.3, 0.4) is 0 Å². The maximum Gasteiger partial charge on any atom is 0.0867 e. The van der Waals surface area contributed by atoms with Gasteiger partial charge < -0.3 is 5.11 Å². The second kappa shape index (κ2) is 5.77. The van der Waals surface area contributed by atoms with E-state index in [2.05, 4.69) is 29.3 Å². The van der Waals surface area contributed by atoms with Gasteiger partial charge in [0, 0.05) is 31.5 Å². The lowest BCUT2D eigenvalue weighted by atomic mass is 10.3. The Labute approximate surface area is 106 Å². The summed E-state index contributed by atoms with van der Waals surface area (Å²) in [4.78, 5) is 0. The van der Waals surface area contributed by atoms with Gasteiger partial charge in [0.15, 0.2) is 0 Å². The summed E-state index contributed by atoms with van der Waals surface area (Å²) in [5.41, 5.74) is 1.77. The van der Waals surface area contributed by atoms with Crippen LogP contribution in [-0.4, -0.2) is 36.5 Å². The van der Waals surface area contributed by atoms with Gasteiger partial charge >= 0.3 is 0 Å². The highest BCUT2D eigenvalue weighted by Crippen LogP contribution is 2.09. The number of hydrogen-bond donors (Lipinski definition) is 1. The van der Waals surface area contributed by atoms with E-state index in [9.17, 15) is 0 Å². The van der Waals surface area contributed by atoms with E-state index >= 15 is 0 Å². The summed E-state index contributed by atoms with van der Waals surface area (Å²) in [6.07, 6.45) is 5.44. The van der Waals surface area contributed by atoms with Crippen molar-refractivity contribution in [3.8, 4) is 0 Å². The Bertz CT molecular complexity index is 490. The summed E-state index contributed by atoms with van der Waals surface area (Å²) in [6.45, 7) is 5.00. The highest BCUT2D eigenvalue weighted by molar-refractivity contribution is 5.01. The van der Waals surface area contributed by atoms with E-state index in [1.807, 2.05) is 23.1 Å². The molecule has 0 aliphatic heterocycles. The first-order chi connectivity index (χ1) is 8.72. The predicted octanol–water partition coefficient (Wildman–Crippen LogP) is 1.03. The van der Waals surface area contributed by atoms with Crippen molar-refractivity contribution in [2.45, 2.75) is 39.3 Å². The fourth-order valence-electron chi connectivity index (χ4n) is 1.71. The lowest BCUT2D eigenvalue weighted by Gasteiger charge is -2.07. The minimum absolute atomic E-state index is 0.0985. The molecule has 2 heterocycles. The average molecular weight is 249 g/mol. The number of aliphatic hydroxyl groups is 1. The van der Waals surface area contributed by atoms with Gasteiger partial charge in [0.1, 0.15) is 0 Å². The number of aliphatic hydroxyl groups excluding tert-OH is 1. The molecule has 0 amide bonds. The maximum atomic E-state index is 8.82. The third-order valence-electron chi connectivity index (χ3n) is 2.98. The molecule has 1 atom stereocenters. The summed E-state index contributed by atoms with van der Waals surface area (Å²) in [6, 6.07) is 2.42. The van der Waals surface area contributed by atoms with Gasteiger partial charge in [0.2, 0.25) is 0 Å². The van der Waals surface area contributed by atoms with E-state index in [4.69, 9.17) is 5.11 Å². The van der Waals surface area contributed by atoms with Crippen LogP contribution >= 0.6 is 0 Å². The molecular weight excluding hydrogens is 230 g/mol. The molecule has 0 radical (unpaired) electrons. The molecule has 0 fully saturated rings. The van der Waals surface area contributed by atoms with Gasteiger partial charge in [-0.2, -0.15) is 5.10 Å². The molecule has 0 spiro atoms. The van der Waals surface area contributed by atoms with Crippen LogP contribution in [0.25, 0.3) is 0 Å². The summed E-state index contributed by atoms with van der Waals surface area (Å²) in [7, 11) is 0. The van der Waals surface area contributed by atoms with Crippen LogP contribution in [-0.2, 0) is 13.0 Å². The van der Waals surface area contributed by atoms with Gasteiger partial charge in [-0.3, -0.25) is 4.68 Å². The van der Waals surface area contributed by atoms with Gasteiger partial charge in [-0.15, -0.1) is 5.10 Å². The number of rotatable bonds is 6. The van der Waals surface area contributed by atoms with Crippen LogP contribution in [0.1, 0.15) is 37.7 Å². The monoisotopic (exact) mass is 249 g/mol. The fraction of sp³-hybridized carbons (Fsp3) is 0.583. The number of hydrogen-bond acceptors (Lipinski definition) is 4. The Morgan fingerprint density at radius 3 is 2.94 bits per heavy atom. The predicted molar refractivity (Wildman–Crippen MR) is 67.1 cm³/mol.